The molecule has 120 valence electrons. The summed E-state index contributed by atoms with van der Waals surface area (Å²) in [5, 5.41) is 4.65. The molecule has 0 saturated carbocycles. The summed E-state index contributed by atoms with van der Waals surface area (Å²) in [6, 6.07) is 9.86. The molecule has 8 heteroatoms. The zero-order valence-corrected chi connectivity index (χ0v) is 13.9. The second-order valence-corrected chi connectivity index (χ2v) is 7.09. The number of aromatic nitrogens is 2. The number of nitrogens with zero attached hydrogens (tertiary/aromatic N) is 2. The first-order chi connectivity index (χ1) is 11.6. The van der Waals surface area contributed by atoms with Crippen molar-refractivity contribution < 1.29 is 9.59 Å². The Labute approximate surface area is 144 Å². The predicted octanol–water partition coefficient (Wildman–Crippen LogP) is 2.57. The molecular formula is C16H12N4O2S2. The van der Waals surface area contributed by atoms with Crippen LogP contribution in [0.4, 0.5) is 0 Å². The number of hydrogen-bond donors (Lipinski definition) is 2. The minimum atomic E-state index is -0.864. The van der Waals surface area contributed by atoms with E-state index >= 15 is 0 Å². The van der Waals surface area contributed by atoms with Crippen molar-refractivity contribution in [1.29, 1.82) is 0 Å². The van der Waals surface area contributed by atoms with Crippen LogP contribution in [0.15, 0.2) is 48.0 Å². The average molecular weight is 356 g/mol. The highest BCUT2D eigenvalue weighted by Gasteiger charge is 2.22. The number of amides is 2. The van der Waals surface area contributed by atoms with Gasteiger partial charge in [-0.1, -0.05) is 30.3 Å². The summed E-state index contributed by atoms with van der Waals surface area (Å²) in [6.07, 6.45) is 1.92. The zero-order chi connectivity index (χ0) is 16.7. The van der Waals surface area contributed by atoms with Crippen LogP contribution in [0, 0.1) is 0 Å². The number of carbonyl (C=O) groups excluding carboxylic acids is 2. The average Bonchev–Trinajstić information content (AvgIpc) is 3.24. The highest BCUT2D eigenvalue weighted by Crippen LogP contribution is 2.28. The molecule has 3 aromatic heterocycles. The van der Waals surface area contributed by atoms with Crippen LogP contribution in [0.1, 0.15) is 21.3 Å². The minimum absolute atomic E-state index is 0.338. The van der Waals surface area contributed by atoms with E-state index in [1.54, 1.807) is 41.7 Å². The summed E-state index contributed by atoms with van der Waals surface area (Å²) in [5.41, 5.74) is 6.99. The number of primary amides is 1. The Morgan fingerprint density at radius 1 is 1.25 bits per heavy atom. The van der Waals surface area contributed by atoms with Crippen LogP contribution in [0.25, 0.3) is 15.3 Å². The third kappa shape index (κ3) is 2.45. The molecule has 0 radical (unpaired) electrons. The van der Waals surface area contributed by atoms with E-state index in [0.717, 1.165) is 15.3 Å². The van der Waals surface area contributed by atoms with Crippen molar-refractivity contribution in [1.82, 2.24) is 14.7 Å². The first kappa shape index (κ1) is 14.9. The molecule has 4 rings (SSSR count). The maximum atomic E-state index is 12.5. The van der Waals surface area contributed by atoms with E-state index in [1.807, 2.05) is 22.0 Å². The van der Waals surface area contributed by atoms with E-state index in [-0.39, 0.29) is 5.91 Å². The van der Waals surface area contributed by atoms with Crippen molar-refractivity contribution in [2.75, 3.05) is 0 Å². The van der Waals surface area contributed by atoms with Crippen molar-refractivity contribution >= 4 is 49.8 Å². The zero-order valence-electron chi connectivity index (χ0n) is 12.3. The van der Waals surface area contributed by atoms with Gasteiger partial charge in [-0.05, 0) is 11.6 Å². The highest BCUT2D eigenvalue weighted by atomic mass is 32.1. The Balaban J connectivity index is 1.64. The van der Waals surface area contributed by atoms with Crippen molar-refractivity contribution in [3.63, 3.8) is 0 Å². The van der Waals surface area contributed by atoms with Gasteiger partial charge in [-0.2, -0.15) is 0 Å². The van der Waals surface area contributed by atoms with Gasteiger partial charge in [0.25, 0.3) is 5.91 Å². The van der Waals surface area contributed by atoms with E-state index in [0.29, 0.717) is 10.4 Å². The summed E-state index contributed by atoms with van der Waals surface area (Å²) in [4.78, 5) is 30.9. The molecule has 0 spiro atoms. The van der Waals surface area contributed by atoms with Crippen molar-refractivity contribution in [3.05, 3.63) is 58.4 Å². The molecule has 1 atom stereocenters. The lowest BCUT2D eigenvalue weighted by atomic mass is 10.1. The SMILES string of the molecule is NC(=O)C(NC(=O)c1cc2c(nc3sccn32)s1)c1ccccc1. The molecule has 0 saturated heterocycles. The van der Waals surface area contributed by atoms with Crippen LogP contribution >= 0.6 is 22.7 Å². The number of thiophene rings is 1. The molecule has 24 heavy (non-hydrogen) atoms. The third-order valence-electron chi connectivity index (χ3n) is 3.66. The number of nitrogens with one attached hydrogen (secondary N) is 1. The van der Waals surface area contributed by atoms with E-state index in [1.165, 1.54) is 11.3 Å². The van der Waals surface area contributed by atoms with Gasteiger partial charge in [0, 0.05) is 11.6 Å². The highest BCUT2D eigenvalue weighted by molar-refractivity contribution is 7.21. The fourth-order valence-corrected chi connectivity index (χ4v) is 4.23. The standard InChI is InChI=1S/C16H12N4O2S2/c17-13(21)12(9-4-2-1-3-5-9)18-14(22)11-8-10-15(24-11)19-16-20(10)6-7-23-16/h1-8,12H,(H2,17,21)(H,18,22). The fraction of sp³-hybridized carbons (Fsp3) is 0.0625. The molecule has 4 aromatic rings. The van der Waals surface area contributed by atoms with Gasteiger partial charge >= 0.3 is 0 Å². The van der Waals surface area contributed by atoms with Crippen LogP contribution in [-0.2, 0) is 4.79 Å². The number of hydrogen-bond acceptors (Lipinski definition) is 5. The number of benzene rings is 1. The first-order valence-corrected chi connectivity index (χ1v) is 8.83. The molecule has 1 unspecified atom stereocenters. The summed E-state index contributed by atoms with van der Waals surface area (Å²) < 4.78 is 1.94. The molecule has 0 aliphatic carbocycles. The molecule has 0 aliphatic heterocycles. The number of rotatable bonds is 4. The summed E-state index contributed by atoms with van der Waals surface area (Å²) in [6.45, 7) is 0. The lowest BCUT2D eigenvalue weighted by molar-refractivity contribution is -0.120. The Morgan fingerprint density at radius 2 is 2.04 bits per heavy atom. The van der Waals surface area contributed by atoms with Gasteiger partial charge < -0.3 is 11.1 Å². The van der Waals surface area contributed by atoms with Crippen LogP contribution in [0.2, 0.25) is 0 Å². The molecule has 0 aliphatic rings. The largest absolute Gasteiger partial charge is 0.368 e. The van der Waals surface area contributed by atoms with Crippen molar-refractivity contribution in [2.45, 2.75) is 6.04 Å². The summed E-state index contributed by atoms with van der Waals surface area (Å²) in [7, 11) is 0. The van der Waals surface area contributed by atoms with Crippen LogP contribution < -0.4 is 11.1 Å². The second-order valence-electron chi connectivity index (χ2n) is 5.19. The van der Waals surface area contributed by atoms with E-state index < -0.39 is 11.9 Å². The molecule has 0 fully saturated rings. The third-order valence-corrected chi connectivity index (χ3v) is 5.43. The molecule has 6 nitrogen and oxygen atoms in total. The summed E-state index contributed by atoms with van der Waals surface area (Å²) in [5.74, 6) is -0.938. The quantitative estimate of drug-likeness (QED) is 0.589. The van der Waals surface area contributed by atoms with E-state index in [4.69, 9.17) is 5.73 Å². The van der Waals surface area contributed by atoms with Crippen LogP contribution in [0.5, 0.6) is 0 Å². The Hall–Kier alpha value is -2.71. The van der Waals surface area contributed by atoms with Gasteiger partial charge in [-0.25, -0.2) is 4.98 Å². The van der Waals surface area contributed by atoms with Gasteiger partial charge in [0.1, 0.15) is 10.9 Å². The van der Waals surface area contributed by atoms with Gasteiger partial charge in [0.15, 0.2) is 4.96 Å². The van der Waals surface area contributed by atoms with Crippen molar-refractivity contribution in [3.8, 4) is 0 Å². The molecule has 2 amide bonds. The van der Waals surface area contributed by atoms with Crippen LogP contribution in [-0.4, -0.2) is 21.2 Å². The number of nitrogens with two attached hydrogens (primary N) is 1. The minimum Gasteiger partial charge on any atom is -0.368 e. The molecule has 3 heterocycles. The molecular weight excluding hydrogens is 344 g/mol. The van der Waals surface area contributed by atoms with Gasteiger partial charge in [-0.15, -0.1) is 22.7 Å². The molecule has 3 N–H and O–H groups in total. The lowest BCUT2D eigenvalue weighted by Gasteiger charge is -2.15. The predicted molar refractivity (Wildman–Crippen MR) is 94.3 cm³/mol. The Kier molecular flexibility index (Phi) is 3.55. The van der Waals surface area contributed by atoms with E-state index in [2.05, 4.69) is 10.3 Å². The number of fused-ring (bicyclic) bond motifs is 3. The van der Waals surface area contributed by atoms with Crippen LogP contribution in [0.3, 0.4) is 0 Å². The first-order valence-electron chi connectivity index (χ1n) is 7.14. The topological polar surface area (TPSA) is 89.5 Å². The van der Waals surface area contributed by atoms with E-state index in [9.17, 15) is 9.59 Å². The summed E-state index contributed by atoms with van der Waals surface area (Å²) >= 11 is 2.84. The van der Waals surface area contributed by atoms with Crippen molar-refractivity contribution in [2.24, 2.45) is 5.73 Å². The maximum Gasteiger partial charge on any atom is 0.262 e. The second kappa shape index (κ2) is 5.73. The monoisotopic (exact) mass is 356 g/mol. The lowest BCUT2D eigenvalue weighted by Crippen LogP contribution is -2.37. The maximum absolute atomic E-state index is 12.5. The number of thiazole rings is 1. The van der Waals surface area contributed by atoms with Gasteiger partial charge in [-0.3, -0.25) is 14.0 Å². The Morgan fingerprint density at radius 3 is 2.79 bits per heavy atom. The fourth-order valence-electron chi connectivity index (χ4n) is 2.53. The molecule has 1 aromatic carbocycles. The van der Waals surface area contributed by atoms with Gasteiger partial charge in [0.2, 0.25) is 5.91 Å². The molecule has 0 bridgehead atoms. The smallest absolute Gasteiger partial charge is 0.262 e. The normalized spacial score (nSPS) is 12.5. The number of carbonyl (C=O) groups is 2. The Bertz CT molecular complexity index is 1050. The van der Waals surface area contributed by atoms with Gasteiger partial charge in [0.05, 0.1) is 10.4 Å². The number of imidazole rings is 1.